The lowest BCUT2D eigenvalue weighted by molar-refractivity contribution is -0.145. The molecule has 1 aliphatic heterocycles. The minimum Gasteiger partial charge on any atom is -0.422 e. The molecule has 24 heavy (non-hydrogen) atoms. The number of aliphatic hydroxyl groups is 1. The summed E-state index contributed by atoms with van der Waals surface area (Å²) in [5, 5.41) is 10.3. The number of hydrogen-bond donors (Lipinski definition) is 1. The number of hydrogen-bond acceptors (Lipinski definition) is 4. The molecule has 1 aromatic rings. The van der Waals surface area contributed by atoms with Crippen molar-refractivity contribution >= 4 is 11.8 Å². The molecule has 0 aromatic heterocycles. The van der Waals surface area contributed by atoms with Gasteiger partial charge in [0.25, 0.3) is 0 Å². The molecule has 2 atom stereocenters. The van der Waals surface area contributed by atoms with Crippen LogP contribution in [0.5, 0.6) is 0 Å². The standard InChI is InChI=1S/C20H22O4/c1-18(2,23)11-6-7-13-12(10-11)14(21)15-16-19(13,3)8-5-9-20(16,4)17(22)24-15/h6-7,10,23H,5,8-9H2,1-4H3/t19-,20-/m1/s1. The third-order valence-electron chi connectivity index (χ3n) is 6.10. The summed E-state index contributed by atoms with van der Waals surface area (Å²) >= 11 is 0. The summed E-state index contributed by atoms with van der Waals surface area (Å²) in [7, 11) is 0. The Bertz CT molecular complexity index is 827. The van der Waals surface area contributed by atoms with Gasteiger partial charge < -0.3 is 9.84 Å². The number of fused-ring (bicyclic) bond motifs is 2. The number of esters is 1. The maximum Gasteiger partial charge on any atom is 0.321 e. The Morgan fingerprint density at radius 2 is 1.79 bits per heavy atom. The maximum atomic E-state index is 13.0. The van der Waals surface area contributed by atoms with Crippen LogP contribution < -0.4 is 0 Å². The fourth-order valence-electron chi connectivity index (χ4n) is 4.76. The smallest absolute Gasteiger partial charge is 0.321 e. The summed E-state index contributed by atoms with van der Waals surface area (Å²) in [6.07, 6.45) is 2.53. The van der Waals surface area contributed by atoms with Crippen LogP contribution in [-0.4, -0.2) is 16.9 Å². The van der Waals surface area contributed by atoms with Gasteiger partial charge in [-0.1, -0.05) is 25.5 Å². The van der Waals surface area contributed by atoms with Crippen LogP contribution in [0.2, 0.25) is 0 Å². The number of carbonyl (C=O) groups is 2. The van der Waals surface area contributed by atoms with Gasteiger partial charge in [0, 0.05) is 16.6 Å². The molecule has 4 nitrogen and oxygen atoms in total. The highest BCUT2D eigenvalue weighted by molar-refractivity contribution is 6.14. The molecule has 0 bridgehead atoms. The third-order valence-corrected chi connectivity index (χ3v) is 6.10. The van der Waals surface area contributed by atoms with E-state index >= 15 is 0 Å². The van der Waals surface area contributed by atoms with Crippen LogP contribution in [0.1, 0.15) is 68.4 Å². The van der Waals surface area contributed by atoms with E-state index in [0.29, 0.717) is 11.1 Å². The fraction of sp³-hybridized carbons (Fsp3) is 0.500. The molecule has 0 spiro atoms. The highest BCUT2D eigenvalue weighted by atomic mass is 16.5. The van der Waals surface area contributed by atoms with Crippen molar-refractivity contribution < 1.29 is 19.4 Å². The van der Waals surface area contributed by atoms with Gasteiger partial charge in [-0.2, -0.15) is 0 Å². The molecule has 1 saturated carbocycles. The van der Waals surface area contributed by atoms with E-state index in [4.69, 9.17) is 4.74 Å². The minimum absolute atomic E-state index is 0.227. The van der Waals surface area contributed by atoms with Gasteiger partial charge >= 0.3 is 5.97 Å². The Morgan fingerprint density at radius 1 is 1.12 bits per heavy atom. The van der Waals surface area contributed by atoms with Crippen molar-refractivity contribution in [3.63, 3.8) is 0 Å². The van der Waals surface area contributed by atoms with Crippen molar-refractivity contribution in [1.29, 1.82) is 0 Å². The molecular formula is C20H22O4. The van der Waals surface area contributed by atoms with Crippen LogP contribution in [0.3, 0.4) is 0 Å². The number of ether oxygens (including phenoxy) is 1. The highest BCUT2D eigenvalue weighted by Gasteiger charge is 2.60. The lowest BCUT2D eigenvalue weighted by atomic mass is 9.55. The zero-order valence-corrected chi connectivity index (χ0v) is 14.5. The van der Waals surface area contributed by atoms with Crippen molar-refractivity contribution in [2.45, 2.75) is 58.0 Å². The molecule has 1 fully saturated rings. The molecule has 1 heterocycles. The first-order valence-corrected chi connectivity index (χ1v) is 8.49. The second kappa shape index (κ2) is 4.37. The summed E-state index contributed by atoms with van der Waals surface area (Å²) in [4.78, 5) is 25.5. The Morgan fingerprint density at radius 3 is 2.46 bits per heavy atom. The molecule has 0 unspecified atom stereocenters. The van der Waals surface area contributed by atoms with Gasteiger partial charge in [0.2, 0.25) is 5.78 Å². The second-order valence-corrected chi connectivity index (χ2v) is 8.26. The summed E-state index contributed by atoms with van der Waals surface area (Å²) < 4.78 is 5.47. The minimum atomic E-state index is -1.03. The van der Waals surface area contributed by atoms with Crippen LogP contribution in [0.15, 0.2) is 29.5 Å². The van der Waals surface area contributed by atoms with Crippen molar-refractivity contribution in [1.82, 2.24) is 0 Å². The monoisotopic (exact) mass is 326 g/mol. The van der Waals surface area contributed by atoms with Gasteiger partial charge in [-0.3, -0.25) is 9.59 Å². The van der Waals surface area contributed by atoms with Crippen LogP contribution in [0.4, 0.5) is 0 Å². The van der Waals surface area contributed by atoms with Gasteiger partial charge in [-0.05, 0) is 50.8 Å². The van der Waals surface area contributed by atoms with E-state index in [2.05, 4.69) is 6.92 Å². The average molecular weight is 326 g/mol. The van der Waals surface area contributed by atoms with Crippen LogP contribution >= 0.6 is 0 Å². The molecule has 4 rings (SSSR count). The Labute approximate surface area is 141 Å². The predicted molar refractivity (Wildman–Crippen MR) is 88.4 cm³/mol. The van der Waals surface area contributed by atoms with Crippen molar-refractivity contribution in [3.05, 3.63) is 46.2 Å². The molecule has 0 saturated heterocycles. The third kappa shape index (κ3) is 1.72. The topological polar surface area (TPSA) is 63.6 Å². The number of ketones is 1. The molecule has 0 amide bonds. The van der Waals surface area contributed by atoms with E-state index in [1.807, 2.05) is 19.1 Å². The summed E-state index contributed by atoms with van der Waals surface area (Å²) in [5.41, 5.74) is 0.960. The average Bonchev–Trinajstić information content (AvgIpc) is 2.77. The maximum absolute atomic E-state index is 13.0. The number of allylic oxidation sites excluding steroid dienone is 1. The Kier molecular flexibility index (Phi) is 2.83. The van der Waals surface area contributed by atoms with Crippen molar-refractivity contribution in [2.75, 3.05) is 0 Å². The van der Waals surface area contributed by atoms with Crippen LogP contribution in [-0.2, 0) is 20.5 Å². The molecule has 4 heteroatoms. The van der Waals surface area contributed by atoms with Gasteiger partial charge in [0.05, 0.1) is 11.0 Å². The van der Waals surface area contributed by atoms with E-state index in [-0.39, 0.29) is 22.9 Å². The number of rotatable bonds is 1. The van der Waals surface area contributed by atoms with E-state index in [9.17, 15) is 14.7 Å². The molecule has 1 aromatic carbocycles. The molecular weight excluding hydrogens is 304 g/mol. The van der Waals surface area contributed by atoms with E-state index in [0.717, 1.165) is 30.4 Å². The Hall–Kier alpha value is -1.94. The second-order valence-electron chi connectivity index (χ2n) is 8.26. The molecule has 2 aliphatic carbocycles. The zero-order valence-electron chi connectivity index (χ0n) is 14.5. The zero-order chi connectivity index (χ0) is 17.5. The van der Waals surface area contributed by atoms with Gasteiger partial charge in [0.1, 0.15) is 0 Å². The Balaban J connectivity index is 1.99. The first kappa shape index (κ1) is 15.6. The van der Waals surface area contributed by atoms with Crippen LogP contribution in [0.25, 0.3) is 0 Å². The SMILES string of the molecule is CC(C)(O)c1ccc2c(c1)C(=O)C1=C3[C@@](C)(CCC[C@@]32C)C(=O)O1. The number of Topliss-reactive ketones (excluding diaryl/α,β-unsaturated/α-hetero) is 1. The largest absolute Gasteiger partial charge is 0.422 e. The molecule has 126 valence electrons. The summed E-state index contributed by atoms with van der Waals surface area (Å²) in [6, 6.07) is 5.58. The lowest BCUT2D eigenvalue weighted by Gasteiger charge is -2.45. The van der Waals surface area contributed by atoms with Crippen molar-refractivity contribution in [3.8, 4) is 0 Å². The van der Waals surface area contributed by atoms with Gasteiger partial charge in [-0.25, -0.2) is 0 Å². The quantitative estimate of drug-likeness (QED) is 0.804. The number of carbonyl (C=O) groups excluding carboxylic acids is 2. The fourth-order valence-corrected chi connectivity index (χ4v) is 4.76. The number of benzene rings is 1. The predicted octanol–water partition coefficient (Wildman–Crippen LogP) is 3.37. The van der Waals surface area contributed by atoms with Crippen molar-refractivity contribution in [2.24, 2.45) is 5.41 Å². The highest BCUT2D eigenvalue weighted by Crippen LogP contribution is 2.60. The van der Waals surface area contributed by atoms with E-state index in [1.165, 1.54) is 0 Å². The molecule has 1 N–H and O–H groups in total. The first-order chi connectivity index (χ1) is 11.1. The normalized spacial score (nSPS) is 31.7. The summed E-state index contributed by atoms with van der Waals surface area (Å²) in [6.45, 7) is 7.40. The van der Waals surface area contributed by atoms with E-state index in [1.54, 1.807) is 19.9 Å². The molecule has 0 radical (unpaired) electrons. The molecule has 3 aliphatic rings. The first-order valence-electron chi connectivity index (χ1n) is 8.49. The van der Waals surface area contributed by atoms with Crippen LogP contribution in [0, 0.1) is 5.41 Å². The van der Waals surface area contributed by atoms with E-state index < -0.39 is 11.0 Å². The van der Waals surface area contributed by atoms with Gasteiger partial charge in [-0.15, -0.1) is 0 Å². The lowest BCUT2D eigenvalue weighted by Crippen LogP contribution is -2.43. The van der Waals surface area contributed by atoms with Gasteiger partial charge in [0.15, 0.2) is 5.76 Å². The summed E-state index contributed by atoms with van der Waals surface area (Å²) in [5.74, 6) is -0.310.